The fourth-order valence-corrected chi connectivity index (χ4v) is 4.36. The molecule has 0 atom stereocenters. The SMILES string of the molecule is Cc1ccc(Sc2cc(NC(=O)c3ccc(Cn4nc(C)c(Cl)c4C)o3)cc([N+](=O)[O-])c2)cc1. The first-order valence-corrected chi connectivity index (χ1v) is 11.5. The van der Waals surface area contributed by atoms with Gasteiger partial charge in [-0.25, -0.2) is 0 Å². The number of aryl methyl sites for hydroxylation is 2. The third-order valence-corrected chi connectivity index (χ3v) is 6.63. The molecule has 2 aromatic heterocycles. The van der Waals surface area contributed by atoms with Crippen molar-refractivity contribution in [2.75, 3.05) is 5.32 Å². The number of non-ortho nitro benzene ring substituents is 1. The van der Waals surface area contributed by atoms with Gasteiger partial charge in [-0.1, -0.05) is 41.1 Å². The van der Waals surface area contributed by atoms with Crippen molar-refractivity contribution >= 4 is 40.6 Å². The van der Waals surface area contributed by atoms with Gasteiger partial charge in [-0.2, -0.15) is 5.10 Å². The van der Waals surface area contributed by atoms with Crippen molar-refractivity contribution < 1.29 is 14.1 Å². The van der Waals surface area contributed by atoms with Gasteiger partial charge in [-0.15, -0.1) is 0 Å². The highest BCUT2D eigenvalue weighted by atomic mass is 35.5. The molecule has 2 aromatic carbocycles. The number of benzene rings is 2. The predicted molar refractivity (Wildman–Crippen MR) is 131 cm³/mol. The van der Waals surface area contributed by atoms with Crippen LogP contribution in [0.5, 0.6) is 0 Å². The normalized spacial score (nSPS) is 10.9. The zero-order chi connectivity index (χ0) is 24.4. The molecule has 0 fully saturated rings. The molecule has 34 heavy (non-hydrogen) atoms. The molecule has 2 heterocycles. The molecular weight excluding hydrogens is 476 g/mol. The molecule has 10 heteroatoms. The van der Waals surface area contributed by atoms with Crippen LogP contribution in [0, 0.1) is 30.9 Å². The number of hydrogen-bond acceptors (Lipinski definition) is 6. The van der Waals surface area contributed by atoms with Gasteiger partial charge in [-0.3, -0.25) is 19.6 Å². The monoisotopic (exact) mass is 496 g/mol. The first kappa shape index (κ1) is 23.6. The van der Waals surface area contributed by atoms with Crippen LogP contribution in [0.15, 0.2) is 68.8 Å². The lowest BCUT2D eigenvalue weighted by molar-refractivity contribution is -0.385. The smallest absolute Gasteiger partial charge is 0.291 e. The largest absolute Gasteiger partial charge is 0.454 e. The highest BCUT2D eigenvalue weighted by Gasteiger charge is 2.17. The Morgan fingerprint density at radius 2 is 1.85 bits per heavy atom. The Balaban J connectivity index is 1.52. The maximum atomic E-state index is 12.8. The van der Waals surface area contributed by atoms with Crippen molar-refractivity contribution in [1.29, 1.82) is 0 Å². The molecule has 8 nitrogen and oxygen atoms in total. The number of nitro benzene ring substituents is 1. The van der Waals surface area contributed by atoms with Crippen LogP contribution < -0.4 is 5.32 Å². The first-order valence-electron chi connectivity index (χ1n) is 10.3. The van der Waals surface area contributed by atoms with Crippen molar-refractivity contribution in [3.8, 4) is 0 Å². The Morgan fingerprint density at radius 3 is 2.50 bits per heavy atom. The first-order chi connectivity index (χ1) is 16.2. The lowest BCUT2D eigenvalue weighted by atomic mass is 10.2. The summed E-state index contributed by atoms with van der Waals surface area (Å²) >= 11 is 7.56. The maximum absolute atomic E-state index is 12.8. The van der Waals surface area contributed by atoms with Crippen LogP contribution in [0.4, 0.5) is 11.4 Å². The molecule has 0 radical (unpaired) electrons. The number of hydrogen-bond donors (Lipinski definition) is 1. The van der Waals surface area contributed by atoms with Crippen LogP contribution in [0.3, 0.4) is 0 Å². The summed E-state index contributed by atoms with van der Waals surface area (Å²) in [6.07, 6.45) is 0. The van der Waals surface area contributed by atoms with Gasteiger partial charge in [0.2, 0.25) is 0 Å². The number of amides is 1. The second-order valence-corrected chi connectivity index (χ2v) is 9.28. The summed E-state index contributed by atoms with van der Waals surface area (Å²) in [4.78, 5) is 25.3. The Bertz CT molecular complexity index is 1380. The van der Waals surface area contributed by atoms with E-state index in [1.54, 1.807) is 22.9 Å². The number of rotatable bonds is 7. The number of carbonyl (C=O) groups is 1. The lowest BCUT2D eigenvalue weighted by Gasteiger charge is -2.08. The summed E-state index contributed by atoms with van der Waals surface area (Å²) in [6.45, 7) is 5.98. The number of aromatic nitrogens is 2. The number of anilines is 1. The van der Waals surface area contributed by atoms with Gasteiger partial charge in [0.25, 0.3) is 11.6 Å². The van der Waals surface area contributed by atoms with E-state index in [2.05, 4.69) is 10.4 Å². The number of nitrogens with zero attached hydrogens (tertiary/aromatic N) is 3. The molecule has 0 aliphatic heterocycles. The molecule has 0 aliphatic rings. The zero-order valence-corrected chi connectivity index (χ0v) is 20.2. The van der Waals surface area contributed by atoms with Gasteiger partial charge < -0.3 is 9.73 Å². The number of furan rings is 1. The van der Waals surface area contributed by atoms with Crippen LogP contribution >= 0.6 is 23.4 Å². The Hall–Kier alpha value is -3.56. The van der Waals surface area contributed by atoms with Crippen LogP contribution in [0.2, 0.25) is 5.02 Å². The number of nitro groups is 1. The minimum absolute atomic E-state index is 0.0851. The number of carbonyl (C=O) groups excluding carboxylic acids is 1. The van der Waals surface area contributed by atoms with E-state index in [0.717, 1.165) is 16.2 Å². The van der Waals surface area contributed by atoms with E-state index >= 15 is 0 Å². The van der Waals surface area contributed by atoms with E-state index in [4.69, 9.17) is 16.0 Å². The fraction of sp³-hybridized carbons (Fsp3) is 0.167. The molecule has 0 saturated carbocycles. The molecule has 1 N–H and O–H groups in total. The number of nitrogens with one attached hydrogen (secondary N) is 1. The minimum Gasteiger partial charge on any atom is -0.454 e. The van der Waals surface area contributed by atoms with E-state index in [-0.39, 0.29) is 11.4 Å². The van der Waals surface area contributed by atoms with Crippen molar-refractivity contribution in [3.63, 3.8) is 0 Å². The third kappa shape index (κ3) is 5.32. The Labute approximate surface area is 205 Å². The Morgan fingerprint density at radius 1 is 1.12 bits per heavy atom. The summed E-state index contributed by atoms with van der Waals surface area (Å²) in [7, 11) is 0. The maximum Gasteiger partial charge on any atom is 0.291 e. The van der Waals surface area contributed by atoms with Crippen molar-refractivity contribution in [3.05, 3.63) is 98.2 Å². The van der Waals surface area contributed by atoms with Gasteiger partial charge in [0, 0.05) is 27.6 Å². The van der Waals surface area contributed by atoms with Gasteiger partial charge in [0.05, 0.1) is 27.9 Å². The van der Waals surface area contributed by atoms with E-state index in [9.17, 15) is 14.9 Å². The molecule has 1 amide bonds. The molecule has 174 valence electrons. The summed E-state index contributed by atoms with van der Waals surface area (Å²) in [6, 6.07) is 15.5. The molecule has 4 aromatic rings. The summed E-state index contributed by atoms with van der Waals surface area (Å²) in [5, 5.41) is 19.1. The second-order valence-electron chi connectivity index (χ2n) is 7.75. The Kier molecular flexibility index (Phi) is 6.76. The van der Waals surface area contributed by atoms with Crippen LogP contribution in [-0.4, -0.2) is 20.6 Å². The zero-order valence-electron chi connectivity index (χ0n) is 18.7. The van der Waals surface area contributed by atoms with E-state index in [1.807, 2.05) is 45.0 Å². The molecule has 0 unspecified atom stereocenters. The standard InChI is InChI=1S/C24H21ClN4O4S/c1-14-4-7-20(8-5-14)34-21-11-17(10-18(12-21)29(31)32)26-24(30)22-9-6-19(33-22)13-28-16(3)23(25)15(2)27-28/h4-12H,13H2,1-3H3,(H,26,30). The topological polar surface area (TPSA) is 103 Å². The van der Waals surface area contributed by atoms with Gasteiger partial charge >= 0.3 is 0 Å². The highest BCUT2D eigenvalue weighted by molar-refractivity contribution is 7.99. The van der Waals surface area contributed by atoms with E-state index in [0.29, 0.717) is 33.6 Å². The third-order valence-electron chi connectivity index (χ3n) is 5.10. The molecule has 0 saturated heterocycles. The predicted octanol–water partition coefficient (Wildman–Crippen LogP) is 6.41. The molecular formula is C24H21ClN4O4S. The van der Waals surface area contributed by atoms with Crippen LogP contribution in [0.1, 0.15) is 33.3 Å². The highest BCUT2D eigenvalue weighted by Crippen LogP contribution is 2.33. The summed E-state index contributed by atoms with van der Waals surface area (Å²) in [5.41, 5.74) is 2.83. The second kappa shape index (κ2) is 9.74. The molecule has 0 spiro atoms. The summed E-state index contributed by atoms with van der Waals surface area (Å²) in [5.74, 6) is 0.105. The average Bonchev–Trinajstić information content (AvgIpc) is 3.36. The average molecular weight is 497 g/mol. The minimum atomic E-state index is -0.510. The molecule has 0 bridgehead atoms. The van der Waals surface area contributed by atoms with Gasteiger partial charge in [-0.05, 0) is 51.1 Å². The van der Waals surface area contributed by atoms with Crippen LogP contribution in [0.25, 0.3) is 0 Å². The quantitative estimate of drug-likeness (QED) is 0.234. The van der Waals surface area contributed by atoms with Gasteiger partial charge in [0.15, 0.2) is 5.76 Å². The van der Waals surface area contributed by atoms with Gasteiger partial charge in [0.1, 0.15) is 5.76 Å². The fourth-order valence-electron chi connectivity index (χ4n) is 3.32. The van der Waals surface area contributed by atoms with E-state index < -0.39 is 10.8 Å². The lowest BCUT2D eigenvalue weighted by Crippen LogP contribution is -2.11. The summed E-state index contributed by atoms with van der Waals surface area (Å²) < 4.78 is 7.39. The van der Waals surface area contributed by atoms with E-state index in [1.165, 1.54) is 23.9 Å². The van der Waals surface area contributed by atoms with Crippen molar-refractivity contribution in [2.24, 2.45) is 0 Å². The van der Waals surface area contributed by atoms with Crippen LogP contribution in [-0.2, 0) is 6.54 Å². The van der Waals surface area contributed by atoms with Crippen molar-refractivity contribution in [2.45, 2.75) is 37.1 Å². The van der Waals surface area contributed by atoms with Crippen molar-refractivity contribution in [1.82, 2.24) is 9.78 Å². The number of halogens is 1. The molecule has 0 aliphatic carbocycles. The molecule has 4 rings (SSSR count).